The summed E-state index contributed by atoms with van der Waals surface area (Å²) in [5.41, 5.74) is 0. The molecule has 0 aromatic rings. The normalized spacial score (nSPS) is 23.8. The van der Waals surface area contributed by atoms with Gasteiger partial charge >= 0.3 is 6.18 Å². The van der Waals surface area contributed by atoms with Crippen molar-refractivity contribution in [3.63, 3.8) is 0 Å². The van der Waals surface area contributed by atoms with E-state index in [9.17, 15) is 21.6 Å². The molecule has 0 aliphatic carbocycles. The third-order valence-electron chi connectivity index (χ3n) is 3.56. The number of sulfonamides is 1. The predicted octanol–water partition coefficient (Wildman–Crippen LogP) is 1.98. The van der Waals surface area contributed by atoms with Crippen molar-refractivity contribution in [3.05, 3.63) is 0 Å². The molecular formula is C12H23F3N2O2S. The number of nitrogens with zero attached hydrogens (tertiary/aromatic N) is 1. The van der Waals surface area contributed by atoms with Crippen molar-refractivity contribution in [2.45, 2.75) is 44.8 Å². The van der Waals surface area contributed by atoms with Gasteiger partial charge in [-0.25, -0.2) is 12.7 Å². The predicted molar refractivity (Wildman–Crippen MR) is 71.9 cm³/mol. The minimum absolute atomic E-state index is 0.0600. The van der Waals surface area contributed by atoms with Crippen molar-refractivity contribution in [1.29, 1.82) is 0 Å². The lowest BCUT2D eigenvalue weighted by Gasteiger charge is -2.33. The van der Waals surface area contributed by atoms with Gasteiger partial charge in [0.05, 0.1) is 6.26 Å². The molecule has 1 aliphatic heterocycles. The largest absolute Gasteiger partial charge is 0.403 e. The number of alkyl halides is 3. The van der Waals surface area contributed by atoms with E-state index in [4.69, 9.17) is 0 Å². The number of piperidine rings is 1. The third-order valence-corrected chi connectivity index (χ3v) is 4.83. The first-order valence-corrected chi connectivity index (χ1v) is 8.74. The zero-order chi connectivity index (χ0) is 15.4. The van der Waals surface area contributed by atoms with Crippen molar-refractivity contribution < 1.29 is 21.6 Å². The van der Waals surface area contributed by atoms with E-state index in [-0.39, 0.29) is 18.9 Å². The molecule has 2 atom stereocenters. The Labute approximate surface area is 118 Å². The number of hydrogen-bond acceptors (Lipinski definition) is 3. The number of nitrogens with one attached hydrogen (secondary N) is 1. The number of halogens is 3. The van der Waals surface area contributed by atoms with Crippen molar-refractivity contribution >= 4 is 10.0 Å². The molecule has 1 N–H and O–H groups in total. The van der Waals surface area contributed by atoms with Crippen LogP contribution in [0.2, 0.25) is 0 Å². The van der Waals surface area contributed by atoms with Gasteiger partial charge in [0.25, 0.3) is 0 Å². The molecule has 20 heavy (non-hydrogen) atoms. The molecule has 1 saturated heterocycles. The molecular weight excluding hydrogens is 293 g/mol. The Morgan fingerprint density at radius 2 is 2.05 bits per heavy atom. The molecule has 0 bridgehead atoms. The quantitative estimate of drug-likeness (QED) is 0.815. The maximum Gasteiger partial charge on any atom is 0.403 e. The second kappa shape index (κ2) is 7.09. The highest BCUT2D eigenvalue weighted by atomic mass is 32.2. The van der Waals surface area contributed by atoms with E-state index >= 15 is 0 Å². The Morgan fingerprint density at radius 1 is 1.40 bits per heavy atom. The van der Waals surface area contributed by atoms with Crippen molar-refractivity contribution in [1.82, 2.24) is 9.62 Å². The van der Waals surface area contributed by atoms with Crippen molar-refractivity contribution in [2.75, 3.05) is 25.9 Å². The van der Waals surface area contributed by atoms with E-state index in [0.717, 1.165) is 6.26 Å². The Bertz CT molecular complexity index is 398. The molecule has 4 nitrogen and oxygen atoms in total. The van der Waals surface area contributed by atoms with Gasteiger partial charge in [-0.1, -0.05) is 6.92 Å². The lowest BCUT2D eigenvalue weighted by Crippen LogP contribution is -2.47. The lowest BCUT2D eigenvalue weighted by atomic mass is 9.92. The van der Waals surface area contributed by atoms with E-state index in [0.29, 0.717) is 32.4 Å². The summed E-state index contributed by atoms with van der Waals surface area (Å²) in [5.74, 6) is -0.241. The average molecular weight is 316 g/mol. The van der Waals surface area contributed by atoms with Crippen LogP contribution in [0.3, 0.4) is 0 Å². The molecule has 0 aromatic heterocycles. The molecule has 0 spiro atoms. The molecule has 8 heteroatoms. The molecule has 2 unspecified atom stereocenters. The second-order valence-corrected chi connectivity index (χ2v) is 7.40. The monoisotopic (exact) mass is 316 g/mol. The van der Waals surface area contributed by atoms with Gasteiger partial charge in [-0.05, 0) is 38.1 Å². The fourth-order valence-corrected chi connectivity index (χ4v) is 3.45. The van der Waals surface area contributed by atoms with Crippen molar-refractivity contribution in [3.8, 4) is 0 Å². The van der Waals surface area contributed by atoms with E-state index in [1.165, 1.54) is 4.31 Å². The standard InChI is InChI=1S/C12H23F3N2O2S/c1-3-6-16-11(12(13,14)15)8-10-5-4-7-17(9-10)20(2,18)19/h10-11,16H,3-9H2,1-2H3. The van der Waals surface area contributed by atoms with Crippen LogP contribution in [-0.2, 0) is 10.0 Å². The van der Waals surface area contributed by atoms with Crippen LogP contribution in [0.25, 0.3) is 0 Å². The molecule has 1 aliphatic rings. The first-order chi connectivity index (χ1) is 9.14. The summed E-state index contributed by atoms with van der Waals surface area (Å²) < 4.78 is 63.0. The van der Waals surface area contributed by atoms with Crippen LogP contribution in [0, 0.1) is 5.92 Å². The third kappa shape index (κ3) is 5.57. The van der Waals surface area contributed by atoms with E-state index in [1.807, 2.05) is 6.92 Å². The van der Waals surface area contributed by atoms with Crippen molar-refractivity contribution in [2.24, 2.45) is 5.92 Å². The fraction of sp³-hybridized carbons (Fsp3) is 1.00. The molecule has 120 valence electrons. The Balaban J connectivity index is 2.64. The molecule has 1 rings (SSSR count). The van der Waals surface area contributed by atoms with E-state index in [1.54, 1.807) is 0 Å². The van der Waals surface area contributed by atoms with Gasteiger partial charge in [-0.3, -0.25) is 0 Å². The average Bonchev–Trinajstić information content (AvgIpc) is 2.32. The van der Waals surface area contributed by atoms with Gasteiger partial charge in [0, 0.05) is 13.1 Å². The summed E-state index contributed by atoms with van der Waals surface area (Å²) in [7, 11) is -3.32. The Morgan fingerprint density at radius 3 is 2.55 bits per heavy atom. The van der Waals surface area contributed by atoms with Gasteiger partial charge in [0.2, 0.25) is 10.0 Å². The maximum absolute atomic E-state index is 12.9. The van der Waals surface area contributed by atoms with Gasteiger partial charge in [0.1, 0.15) is 6.04 Å². The summed E-state index contributed by atoms with van der Waals surface area (Å²) in [5, 5.41) is 2.52. The molecule has 0 radical (unpaired) electrons. The van der Waals surface area contributed by atoms with E-state index < -0.39 is 22.2 Å². The zero-order valence-electron chi connectivity index (χ0n) is 11.9. The number of rotatable bonds is 6. The first-order valence-electron chi connectivity index (χ1n) is 6.89. The Kier molecular flexibility index (Phi) is 6.27. The lowest BCUT2D eigenvalue weighted by molar-refractivity contribution is -0.160. The molecule has 0 aromatic carbocycles. The minimum Gasteiger partial charge on any atom is -0.306 e. The maximum atomic E-state index is 12.9. The zero-order valence-corrected chi connectivity index (χ0v) is 12.7. The van der Waals surface area contributed by atoms with Gasteiger partial charge in [-0.2, -0.15) is 13.2 Å². The van der Waals surface area contributed by atoms with Crippen LogP contribution in [0.1, 0.15) is 32.6 Å². The second-order valence-electron chi connectivity index (χ2n) is 5.41. The van der Waals surface area contributed by atoms with Crippen LogP contribution in [0.4, 0.5) is 13.2 Å². The van der Waals surface area contributed by atoms with Gasteiger partial charge in [0.15, 0.2) is 0 Å². The summed E-state index contributed by atoms with van der Waals surface area (Å²) in [6, 6.07) is -1.55. The van der Waals surface area contributed by atoms with Crippen LogP contribution >= 0.6 is 0 Å². The van der Waals surface area contributed by atoms with Gasteiger partial charge < -0.3 is 5.32 Å². The number of hydrogen-bond donors (Lipinski definition) is 1. The van der Waals surface area contributed by atoms with Crippen LogP contribution in [0.15, 0.2) is 0 Å². The van der Waals surface area contributed by atoms with E-state index in [2.05, 4.69) is 5.32 Å². The fourth-order valence-electron chi connectivity index (χ4n) is 2.51. The summed E-state index contributed by atoms with van der Waals surface area (Å²) in [4.78, 5) is 0. The Hall–Kier alpha value is -0.340. The highest BCUT2D eigenvalue weighted by molar-refractivity contribution is 7.88. The van der Waals surface area contributed by atoms with Crippen LogP contribution < -0.4 is 5.32 Å². The topological polar surface area (TPSA) is 49.4 Å². The highest BCUT2D eigenvalue weighted by Crippen LogP contribution is 2.29. The molecule has 0 saturated carbocycles. The smallest absolute Gasteiger partial charge is 0.306 e. The molecule has 1 heterocycles. The first kappa shape index (κ1) is 17.7. The summed E-state index contributed by atoms with van der Waals surface area (Å²) in [6.07, 6.45) is -1.35. The minimum atomic E-state index is -4.29. The molecule has 1 fully saturated rings. The van der Waals surface area contributed by atoms with Crippen LogP contribution in [0.5, 0.6) is 0 Å². The van der Waals surface area contributed by atoms with Gasteiger partial charge in [-0.15, -0.1) is 0 Å². The highest BCUT2D eigenvalue weighted by Gasteiger charge is 2.41. The molecule has 0 amide bonds. The SMILES string of the molecule is CCCNC(CC1CCCN(S(C)(=O)=O)C1)C(F)(F)F. The summed E-state index contributed by atoms with van der Waals surface area (Å²) in [6.45, 7) is 2.73. The van der Waals surface area contributed by atoms with Crippen LogP contribution in [-0.4, -0.2) is 50.8 Å². The summed E-state index contributed by atoms with van der Waals surface area (Å²) >= 11 is 0.